The molecule has 3 nitrogen and oxygen atoms in total. The molecule has 1 rings (SSSR count). The first-order chi connectivity index (χ1) is 8.15. The summed E-state index contributed by atoms with van der Waals surface area (Å²) in [4.78, 5) is 11.7. The van der Waals surface area contributed by atoms with Gasteiger partial charge in [0.25, 0.3) is 5.91 Å². The minimum Gasteiger partial charge on any atom is -0.378 e. The Bertz CT molecular complexity index is 388. The van der Waals surface area contributed by atoms with E-state index in [1.165, 1.54) is 0 Å². The monoisotopic (exact) mass is 339 g/mol. The third-order valence-electron chi connectivity index (χ3n) is 1.94. The number of amides is 1. The number of benzene rings is 1. The van der Waals surface area contributed by atoms with Gasteiger partial charge in [0.05, 0.1) is 18.2 Å². The van der Waals surface area contributed by atoms with Crippen molar-refractivity contribution in [1.82, 2.24) is 5.32 Å². The third kappa shape index (κ3) is 5.25. The van der Waals surface area contributed by atoms with Crippen molar-refractivity contribution in [3.8, 4) is 0 Å². The zero-order valence-corrected chi connectivity index (χ0v) is 12.1. The van der Waals surface area contributed by atoms with Crippen molar-refractivity contribution in [3.05, 3.63) is 33.3 Å². The number of carbonyl (C=O) groups is 1. The van der Waals surface area contributed by atoms with E-state index >= 15 is 0 Å². The fourth-order valence-corrected chi connectivity index (χ4v) is 1.74. The summed E-state index contributed by atoms with van der Waals surface area (Å²) in [5, 5.41) is 3.31. The molecule has 1 aromatic carbocycles. The van der Waals surface area contributed by atoms with Crippen LogP contribution in [0.15, 0.2) is 22.7 Å². The van der Waals surface area contributed by atoms with Crippen LogP contribution in [-0.2, 0) is 4.74 Å². The Kier molecular flexibility index (Phi) is 6.89. The quantitative estimate of drug-likeness (QED) is 0.638. The molecule has 0 heterocycles. The molecule has 17 heavy (non-hydrogen) atoms. The molecule has 0 saturated heterocycles. The van der Waals surface area contributed by atoms with Crippen LogP contribution in [0.2, 0.25) is 5.02 Å². The van der Waals surface area contributed by atoms with Crippen molar-refractivity contribution in [1.29, 1.82) is 0 Å². The molecule has 0 fully saturated rings. The molecule has 1 aromatic rings. The van der Waals surface area contributed by atoms with E-state index in [0.29, 0.717) is 40.7 Å². The van der Waals surface area contributed by atoms with Gasteiger partial charge in [-0.1, -0.05) is 11.6 Å². The number of alkyl halides is 1. The fourth-order valence-electron chi connectivity index (χ4n) is 1.13. The zero-order valence-electron chi connectivity index (χ0n) is 9.01. The van der Waals surface area contributed by atoms with E-state index in [4.69, 9.17) is 27.9 Å². The molecule has 0 aliphatic rings. The summed E-state index contributed by atoms with van der Waals surface area (Å²) in [6, 6.07) is 5.02. The fraction of sp³-hybridized carbons (Fsp3) is 0.364. The van der Waals surface area contributed by atoms with Crippen LogP contribution in [0.25, 0.3) is 0 Å². The van der Waals surface area contributed by atoms with Crippen LogP contribution in [-0.4, -0.2) is 31.5 Å². The molecule has 0 aliphatic heterocycles. The molecule has 0 radical (unpaired) electrons. The lowest BCUT2D eigenvalue weighted by Gasteiger charge is -2.06. The Morgan fingerprint density at radius 3 is 2.82 bits per heavy atom. The first kappa shape index (κ1) is 14.8. The lowest BCUT2D eigenvalue weighted by atomic mass is 10.2. The number of carbonyl (C=O) groups excluding carboxylic acids is 1. The van der Waals surface area contributed by atoms with Gasteiger partial charge in [-0.3, -0.25) is 4.79 Å². The minimum atomic E-state index is -0.156. The highest BCUT2D eigenvalue weighted by Crippen LogP contribution is 2.23. The zero-order chi connectivity index (χ0) is 12.7. The lowest BCUT2D eigenvalue weighted by molar-refractivity contribution is 0.0923. The van der Waals surface area contributed by atoms with Gasteiger partial charge in [-0.15, -0.1) is 11.6 Å². The van der Waals surface area contributed by atoms with Crippen LogP contribution in [0.4, 0.5) is 0 Å². The van der Waals surface area contributed by atoms with E-state index < -0.39 is 0 Å². The molecule has 0 aromatic heterocycles. The maximum absolute atomic E-state index is 11.7. The highest BCUT2D eigenvalue weighted by Gasteiger charge is 2.06. The van der Waals surface area contributed by atoms with Crippen molar-refractivity contribution in [2.24, 2.45) is 0 Å². The molecular formula is C11H12BrCl2NO2. The molecule has 0 saturated carbocycles. The number of hydrogen-bond acceptors (Lipinski definition) is 2. The van der Waals surface area contributed by atoms with Gasteiger partial charge in [0, 0.05) is 22.5 Å². The summed E-state index contributed by atoms with van der Waals surface area (Å²) in [6.07, 6.45) is 0. The van der Waals surface area contributed by atoms with Crippen molar-refractivity contribution in [2.75, 3.05) is 25.6 Å². The van der Waals surface area contributed by atoms with E-state index in [2.05, 4.69) is 21.2 Å². The average molecular weight is 341 g/mol. The lowest BCUT2D eigenvalue weighted by Crippen LogP contribution is -2.27. The van der Waals surface area contributed by atoms with Crippen molar-refractivity contribution in [2.45, 2.75) is 0 Å². The molecule has 0 unspecified atom stereocenters. The second kappa shape index (κ2) is 7.93. The number of hydrogen-bond donors (Lipinski definition) is 1. The molecule has 0 atom stereocenters. The van der Waals surface area contributed by atoms with Crippen LogP contribution in [0, 0.1) is 0 Å². The predicted octanol–water partition coefficient (Wildman–Crippen LogP) is 3.09. The molecule has 1 N–H and O–H groups in total. The molecule has 6 heteroatoms. The van der Waals surface area contributed by atoms with Gasteiger partial charge >= 0.3 is 0 Å². The molecule has 0 spiro atoms. The Morgan fingerprint density at radius 1 is 1.41 bits per heavy atom. The third-order valence-corrected chi connectivity index (χ3v) is 3.30. The van der Waals surface area contributed by atoms with Gasteiger partial charge in [0.15, 0.2) is 0 Å². The van der Waals surface area contributed by atoms with Crippen molar-refractivity contribution >= 4 is 45.0 Å². The molecular weight excluding hydrogens is 329 g/mol. The Balaban J connectivity index is 2.39. The van der Waals surface area contributed by atoms with Gasteiger partial charge in [-0.25, -0.2) is 0 Å². The first-order valence-corrected chi connectivity index (χ1v) is 6.72. The number of nitrogens with one attached hydrogen (secondary N) is 1. The molecule has 0 aliphatic carbocycles. The van der Waals surface area contributed by atoms with Gasteiger partial charge in [-0.2, -0.15) is 0 Å². The van der Waals surface area contributed by atoms with E-state index in [1.807, 2.05) is 0 Å². The largest absolute Gasteiger partial charge is 0.378 e. The normalized spacial score (nSPS) is 10.3. The minimum absolute atomic E-state index is 0.156. The highest BCUT2D eigenvalue weighted by molar-refractivity contribution is 9.10. The maximum Gasteiger partial charge on any atom is 0.251 e. The smallest absolute Gasteiger partial charge is 0.251 e. The van der Waals surface area contributed by atoms with Gasteiger partial charge in [0.2, 0.25) is 0 Å². The highest BCUT2D eigenvalue weighted by atomic mass is 79.9. The van der Waals surface area contributed by atoms with Gasteiger partial charge in [-0.05, 0) is 34.1 Å². The van der Waals surface area contributed by atoms with E-state index in [1.54, 1.807) is 18.2 Å². The van der Waals surface area contributed by atoms with E-state index in [9.17, 15) is 4.79 Å². The second-order valence-corrected chi connectivity index (χ2v) is 4.83. The summed E-state index contributed by atoms with van der Waals surface area (Å²) in [7, 11) is 0. The van der Waals surface area contributed by atoms with Gasteiger partial charge < -0.3 is 10.1 Å². The van der Waals surface area contributed by atoms with Crippen LogP contribution in [0.3, 0.4) is 0 Å². The van der Waals surface area contributed by atoms with E-state index in [0.717, 1.165) is 0 Å². The molecule has 94 valence electrons. The first-order valence-electron chi connectivity index (χ1n) is 5.02. The van der Waals surface area contributed by atoms with Crippen LogP contribution < -0.4 is 5.32 Å². The SMILES string of the molecule is O=C(NCCOCCCl)c1ccc(Cl)c(Br)c1. The second-order valence-electron chi connectivity index (χ2n) is 3.19. The molecule has 0 bridgehead atoms. The number of halogens is 3. The summed E-state index contributed by atoms with van der Waals surface area (Å²) < 4.78 is 5.83. The summed E-state index contributed by atoms with van der Waals surface area (Å²) in [6.45, 7) is 1.40. The maximum atomic E-state index is 11.7. The Labute approximate surface area is 119 Å². The predicted molar refractivity (Wildman–Crippen MR) is 73.0 cm³/mol. The number of ether oxygens (including phenoxy) is 1. The average Bonchev–Trinajstić information content (AvgIpc) is 2.32. The Hall–Kier alpha value is -0.290. The topological polar surface area (TPSA) is 38.3 Å². The van der Waals surface area contributed by atoms with Crippen LogP contribution in [0.5, 0.6) is 0 Å². The summed E-state index contributed by atoms with van der Waals surface area (Å²) >= 11 is 14.5. The van der Waals surface area contributed by atoms with E-state index in [-0.39, 0.29) is 5.91 Å². The number of rotatable bonds is 6. The van der Waals surface area contributed by atoms with Crippen molar-refractivity contribution in [3.63, 3.8) is 0 Å². The van der Waals surface area contributed by atoms with Crippen LogP contribution >= 0.6 is 39.1 Å². The van der Waals surface area contributed by atoms with Crippen LogP contribution in [0.1, 0.15) is 10.4 Å². The summed E-state index contributed by atoms with van der Waals surface area (Å²) in [5.74, 6) is 0.301. The molecule has 1 amide bonds. The van der Waals surface area contributed by atoms with Crippen molar-refractivity contribution < 1.29 is 9.53 Å². The Morgan fingerprint density at radius 2 is 2.18 bits per heavy atom. The van der Waals surface area contributed by atoms with Gasteiger partial charge in [0.1, 0.15) is 0 Å². The summed E-state index contributed by atoms with van der Waals surface area (Å²) in [5.41, 5.74) is 0.554. The standard InChI is InChI=1S/C11H12BrCl2NO2/c12-9-7-8(1-2-10(9)14)11(16)15-4-6-17-5-3-13/h1-2,7H,3-6H2,(H,15,16).